The molecular weight excluding hydrogens is 476 g/mol. The van der Waals surface area contributed by atoms with Crippen molar-refractivity contribution in [2.24, 2.45) is 5.92 Å². The third-order valence-electron chi connectivity index (χ3n) is 6.64. The molecule has 0 aromatic heterocycles. The summed E-state index contributed by atoms with van der Waals surface area (Å²) in [5.74, 6) is -1.54. The van der Waals surface area contributed by atoms with Gasteiger partial charge >= 0.3 is 18.2 Å². The summed E-state index contributed by atoms with van der Waals surface area (Å²) in [5, 5.41) is 16.2. The van der Waals surface area contributed by atoms with Crippen molar-refractivity contribution < 1.29 is 33.7 Å². The second-order valence-corrected chi connectivity index (χ2v) is 10.3. The number of hydrogen-bond donors (Lipinski definition) is 3. The van der Waals surface area contributed by atoms with E-state index in [1.165, 1.54) is 0 Å². The minimum absolute atomic E-state index is 0.0741. The Morgan fingerprint density at radius 2 is 1.51 bits per heavy atom. The second kappa shape index (κ2) is 10.8. The van der Waals surface area contributed by atoms with Crippen LogP contribution in [0.3, 0.4) is 0 Å². The fraction of sp³-hybridized carbons (Fsp3) is 0.464. The Balaban J connectivity index is 1.41. The standard InChI is InChI=1S/C28H34N2O7/c1-5-35-25(32)20-14-22(24(31)23(20)30-27(34)37-28(2,3)4)29-26(33)36-15-21-18-12-8-6-10-16(18)17-11-7-9-13-19(17)21/h6-13,20-24,31H,5,14-15H2,1-4H3,(H,29,33)(H,30,34)/t20-,22-,23+,24+/m1/s1. The molecule has 9 heteroatoms. The number of aliphatic hydroxyl groups is 1. The molecule has 2 amide bonds. The maximum Gasteiger partial charge on any atom is 0.407 e. The van der Waals surface area contributed by atoms with Crippen LogP contribution < -0.4 is 10.6 Å². The van der Waals surface area contributed by atoms with Crippen LogP contribution in [-0.2, 0) is 19.0 Å². The van der Waals surface area contributed by atoms with Crippen molar-refractivity contribution in [3.63, 3.8) is 0 Å². The SMILES string of the molecule is CCOC(=O)[C@@H]1C[C@@H](NC(=O)OCC2c3ccccc3-c3ccccc32)[C@H](O)[C@H]1NC(=O)OC(C)(C)C. The van der Waals surface area contributed by atoms with Crippen LogP contribution in [0.25, 0.3) is 11.1 Å². The first-order chi connectivity index (χ1) is 17.6. The lowest BCUT2D eigenvalue weighted by Gasteiger charge is -2.26. The van der Waals surface area contributed by atoms with E-state index in [1.807, 2.05) is 36.4 Å². The lowest BCUT2D eigenvalue weighted by molar-refractivity contribution is -0.148. The molecule has 1 saturated carbocycles. The Morgan fingerprint density at radius 3 is 2.08 bits per heavy atom. The van der Waals surface area contributed by atoms with Crippen LogP contribution in [0, 0.1) is 5.92 Å². The normalized spacial score (nSPS) is 22.5. The monoisotopic (exact) mass is 510 g/mol. The first kappa shape index (κ1) is 26.5. The summed E-state index contributed by atoms with van der Waals surface area (Å²) >= 11 is 0. The van der Waals surface area contributed by atoms with Gasteiger partial charge in [-0.2, -0.15) is 0 Å². The summed E-state index contributed by atoms with van der Waals surface area (Å²) in [4.78, 5) is 37.7. The maximum absolute atomic E-state index is 12.8. The molecule has 3 N–H and O–H groups in total. The average Bonchev–Trinajstić information content (AvgIpc) is 3.32. The van der Waals surface area contributed by atoms with E-state index in [1.54, 1.807) is 27.7 Å². The summed E-state index contributed by atoms with van der Waals surface area (Å²) in [5.41, 5.74) is 3.65. The number of esters is 1. The van der Waals surface area contributed by atoms with Crippen molar-refractivity contribution in [3.8, 4) is 11.1 Å². The highest BCUT2D eigenvalue weighted by Crippen LogP contribution is 2.44. The van der Waals surface area contributed by atoms with E-state index in [4.69, 9.17) is 14.2 Å². The lowest BCUT2D eigenvalue weighted by atomic mass is 9.98. The molecule has 0 unspecified atom stereocenters. The summed E-state index contributed by atoms with van der Waals surface area (Å²) in [7, 11) is 0. The smallest absolute Gasteiger partial charge is 0.407 e. The second-order valence-electron chi connectivity index (χ2n) is 10.3. The first-order valence-electron chi connectivity index (χ1n) is 12.5. The molecule has 2 aliphatic carbocycles. The third kappa shape index (κ3) is 5.88. The third-order valence-corrected chi connectivity index (χ3v) is 6.64. The zero-order chi connectivity index (χ0) is 26.7. The molecular formula is C28H34N2O7. The van der Waals surface area contributed by atoms with E-state index in [0.717, 1.165) is 22.3 Å². The van der Waals surface area contributed by atoms with Gasteiger partial charge in [0.25, 0.3) is 0 Å². The number of alkyl carbamates (subject to hydrolysis) is 2. The fourth-order valence-corrected chi connectivity index (χ4v) is 5.11. The van der Waals surface area contributed by atoms with Crippen LogP contribution >= 0.6 is 0 Å². The quantitative estimate of drug-likeness (QED) is 0.400. The van der Waals surface area contributed by atoms with Crippen LogP contribution in [0.4, 0.5) is 9.59 Å². The zero-order valence-corrected chi connectivity index (χ0v) is 21.5. The van der Waals surface area contributed by atoms with Crippen LogP contribution in [0.2, 0.25) is 0 Å². The Hall–Kier alpha value is -3.59. The van der Waals surface area contributed by atoms with Crippen molar-refractivity contribution in [2.45, 2.75) is 63.8 Å². The van der Waals surface area contributed by atoms with Crippen LogP contribution in [0.15, 0.2) is 48.5 Å². The number of aliphatic hydroxyl groups excluding tert-OH is 1. The number of amides is 2. The molecule has 37 heavy (non-hydrogen) atoms. The van der Waals surface area contributed by atoms with Gasteiger partial charge < -0.3 is 30.0 Å². The summed E-state index contributed by atoms with van der Waals surface area (Å²) in [6.45, 7) is 7.07. The van der Waals surface area contributed by atoms with Gasteiger partial charge in [-0.1, -0.05) is 48.5 Å². The van der Waals surface area contributed by atoms with Gasteiger partial charge in [-0.05, 0) is 56.4 Å². The highest BCUT2D eigenvalue weighted by molar-refractivity contribution is 5.79. The largest absolute Gasteiger partial charge is 0.466 e. The molecule has 9 nitrogen and oxygen atoms in total. The van der Waals surface area contributed by atoms with Crippen molar-refractivity contribution in [3.05, 3.63) is 59.7 Å². The molecule has 4 rings (SSSR count). The maximum atomic E-state index is 12.8. The molecule has 4 atom stereocenters. The molecule has 2 aromatic carbocycles. The van der Waals surface area contributed by atoms with Crippen molar-refractivity contribution >= 4 is 18.2 Å². The molecule has 198 valence electrons. The number of hydrogen-bond acceptors (Lipinski definition) is 7. The molecule has 0 bridgehead atoms. The number of nitrogens with one attached hydrogen (secondary N) is 2. The van der Waals surface area contributed by atoms with Crippen molar-refractivity contribution in [1.82, 2.24) is 10.6 Å². The molecule has 0 saturated heterocycles. The molecule has 2 aliphatic rings. The zero-order valence-electron chi connectivity index (χ0n) is 21.5. The summed E-state index contributed by atoms with van der Waals surface area (Å²) in [6, 6.07) is 14.2. The lowest BCUT2D eigenvalue weighted by Crippen LogP contribution is -2.51. The predicted molar refractivity (Wildman–Crippen MR) is 136 cm³/mol. The van der Waals surface area contributed by atoms with Gasteiger partial charge in [0.1, 0.15) is 12.2 Å². The van der Waals surface area contributed by atoms with Gasteiger partial charge in [-0.15, -0.1) is 0 Å². The van der Waals surface area contributed by atoms with Gasteiger partial charge in [-0.3, -0.25) is 4.79 Å². The van der Waals surface area contributed by atoms with Crippen LogP contribution in [0.5, 0.6) is 0 Å². The number of carbonyl (C=O) groups is 3. The van der Waals surface area contributed by atoms with Crippen LogP contribution in [0.1, 0.15) is 51.2 Å². The topological polar surface area (TPSA) is 123 Å². The Morgan fingerprint density at radius 1 is 0.919 bits per heavy atom. The van der Waals surface area contributed by atoms with Gasteiger partial charge in [0.05, 0.1) is 30.7 Å². The Kier molecular flexibility index (Phi) is 7.73. The van der Waals surface area contributed by atoms with E-state index in [2.05, 4.69) is 22.8 Å². The van der Waals surface area contributed by atoms with E-state index in [0.29, 0.717) is 0 Å². The van der Waals surface area contributed by atoms with Gasteiger partial charge in [0.2, 0.25) is 0 Å². The Bertz CT molecular complexity index is 1110. The molecule has 2 aromatic rings. The minimum atomic E-state index is -1.25. The molecule has 0 radical (unpaired) electrons. The number of carbonyl (C=O) groups excluding carboxylic acids is 3. The Labute approximate surface area is 216 Å². The fourth-order valence-electron chi connectivity index (χ4n) is 5.11. The van der Waals surface area contributed by atoms with Crippen molar-refractivity contribution in [2.75, 3.05) is 13.2 Å². The van der Waals surface area contributed by atoms with E-state index in [9.17, 15) is 19.5 Å². The number of fused-ring (bicyclic) bond motifs is 3. The number of benzene rings is 2. The predicted octanol–water partition coefficient (Wildman–Crippen LogP) is 3.73. The number of rotatable bonds is 6. The molecule has 0 spiro atoms. The highest BCUT2D eigenvalue weighted by Gasteiger charge is 2.48. The number of ether oxygens (including phenoxy) is 3. The van der Waals surface area contributed by atoms with E-state index in [-0.39, 0.29) is 25.6 Å². The summed E-state index contributed by atoms with van der Waals surface area (Å²) < 4.78 is 16.0. The van der Waals surface area contributed by atoms with Gasteiger partial charge in [0, 0.05) is 5.92 Å². The molecule has 1 fully saturated rings. The van der Waals surface area contributed by atoms with Gasteiger partial charge in [-0.25, -0.2) is 9.59 Å². The highest BCUT2D eigenvalue weighted by atomic mass is 16.6. The van der Waals surface area contributed by atoms with E-state index >= 15 is 0 Å². The molecule has 0 aliphatic heterocycles. The van der Waals surface area contributed by atoms with Crippen LogP contribution in [-0.4, -0.2) is 60.3 Å². The van der Waals surface area contributed by atoms with E-state index < -0.39 is 47.9 Å². The van der Waals surface area contributed by atoms with Gasteiger partial charge in [0.15, 0.2) is 0 Å². The van der Waals surface area contributed by atoms with Crippen molar-refractivity contribution in [1.29, 1.82) is 0 Å². The first-order valence-corrected chi connectivity index (χ1v) is 12.5. The summed E-state index contributed by atoms with van der Waals surface area (Å²) in [6.07, 6.45) is -2.66. The average molecular weight is 511 g/mol. The minimum Gasteiger partial charge on any atom is -0.466 e. The molecule has 0 heterocycles.